The highest BCUT2D eigenvalue weighted by Gasteiger charge is 2.53. The van der Waals surface area contributed by atoms with Gasteiger partial charge >= 0.3 is 0 Å². The van der Waals surface area contributed by atoms with E-state index in [0.29, 0.717) is 24.4 Å². The summed E-state index contributed by atoms with van der Waals surface area (Å²) in [4.78, 5) is 59.3. The van der Waals surface area contributed by atoms with Crippen LogP contribution in [-0.4, -0.2) is 89.3 Å². The first-order valence-corrected chi connectivity index (χ1v) is 14.9. The topological polar surface area (TPSA) is 102 Å². The molecule has 10 heteroatoms. The first-order chi connectivity index (χ1) is 19.8. The molecule has 0 bridgehead atoms. The quantitative estimate of drug-likeness (QED) is 0.464. The lowest BCUT2D eigenvalue weighted by Crippen LogP contribution is -2.66. The summed E-state index contributed by atoms with van der Waals surface area (Å²) in [5, 5.41) is 6.46. The average Bonchev–Trinajstić information content (AvgIpc) is 3.28. The number of benzene rings is 2. The fraction of sp³-hybridized carbons (Fsp3) is 0.500. The van der Waals surface area contributed by atoms with Crippen LogP contribution >= 0.6 is 11.6 Å². The molecule has 0 spiro atoms. The number of aryl methyl sites for hydroxylation is 1. The number of carbonyl (C=O) groups is 4. The third kappa shape index (κ3) is 6.95. The van der Waals surface area contributed by atoms with E-state index in [2.05, 4.69) is 10.6 Å². The van der Waals surface area contributed by atoms with Gasteiger partial charge in [-0.15, -0.1) is 0 Å². The molecule has 226 valence electrons. The van der Waals surface area contributed by atoms with Crippen molar-refractivity contribution in [1.82, 2.24) is 25.3 Å². The first kappa shape index (κ1) is 31.5. The van der Waals surface area contributed by atoms with E-state index in [1.165, 1.54) is 0 Å². The van der Waals surface area contributed by atoms with Gasteiger partial charge in [-0.05, 0) is 56.0 Å². The summed E-state index contributed by atoms with van der Waals surface area (Å²) in [7, 11) is 1.68. The van der Waals surface area contributed by atoms with Gasteiger partial charge in [0.25, 0.3) is 0 Å². The number of hydrogen-bond donors (Lipinski definition) is 2. The van der Waals surface area contributed by atoms with Crippen LogP contribution in [0.25, 0.3) is 0 Å². The van der Waals surface area contributed by atoms with E-state index in [9.17, 15) is 19.2 Å². The third-order valence-electron chi connectivity index (χ3n) is 8.23. The van der Waals surface area contributed by atoms with Crippen LogP contribution in [0.3, 0.4) is 0 Å². The monoisotopic (exact) mass is 595 g/mol. The molecule has 42 heavy (non-hydrogen) atoms. The Labute approximate surface area is 253 Å². The standard InChI is InChI=1S/C32H42ClN5O4/c1-20-7-9-23(10-8-20)17-25-30(41)36(16-15-22-11-13-24(33)14-12-22)18-26-37(19-27(39)38(25)26)31(42)28(32(3,4)5)35-29(40)21(2)34-6/h7-14,21,25-26,28,34H,15-19H2,1-6H3,(H,35,40)/t21?,25-,26+,28?/m0/s1. The Morgan fingerprint density at radius 1 is 1.02 bits per heavy atom. The molecule has 2 aliphatic heterocycles. The lowest BCUT2D eigenvalue weighted by Gasteiger charge is -2.45. The number of nitrogens with one attached hydrogen (secondary N) is 2. The van der Waals surface area contributed by atoms with Crippen molar-refractivity contribution >= 4 is 35.2 Å². The van der Waals surface area contributed by atoms with Crippen LogP contribution in [0.4, 0.5) is 0 Å². The normalized spacial score (nSPS) is 20.4. The molecule has 0 aliphatic carbocycles. The van der Waals surface area contributed by atoms with Crippen LogP contribution in [0.5, 0.6) is 0 Å². The molecule has 2 N–H and O–H groups in total. The second-order valence-corrected chi connectivity index (χ2v) is 12.9. The third-order valence-corrected chi connectivity index (χ3v) is 8.48. The van der Waals surface area contributed by atoms with E-state index < -0.39 is 29.7 Å². The Morgan fingerprint density at radius 3 is 2.24 bits per heavy atom. The molecule has 0 radical (unpaired) electrons. The van der Waals surface area contributed by atoms with E-state index in [1.807, 2.05) is 76.2 Å². The second-order valence-electron chi connectivity index (χ2n) is 12.4. The van der Waals surface area contributed by atoms with Gasteiger partial charge in [-0.25, -0.2) is 0 Å². The fourth-order valence-corrected chi connectivity index (χ4v) is 5.65. The van der Waals surface area contributed by atoms with Crippen molar-refractivity contribution < 1.29 is 19.2 Å². The van der Waals surface area contributed by atoms with E-state index >= 15 is 0 Å². The summed E-state index contributed by atoms with van der Waals surface area (Å²) >= 11 is 6.06. The van der Waals surface area contributed by atoms with Gasteiger partial charge in [0, 0.05) is 18.0 Å². The summed E-state index contributed by atoms with van der Waals surface area (Å²) in [5.41, 5.74) is 2.47. The molecule has 9 nitrogen and oxygen atoms in total. The molecule has 2 fully saturated rings. The molecule has 2 heterocycles. The van der Waals surface area contributed by atoms with Crippen molar-refractivity contribution in [2.24, 2.45) is 5.41 Å². The fourth-order valence-electron chi connectivity index (χ4n) is 5.52. The van der Waals surface area contributed by atoms with E-state index in [1.54, 1.807) is 28.7 Å². The minimum atomic E-state index is -0.857. The maximum Gasteiger partial charge on any atom is 0.247 e. The molecule has 2 aliphatic rings. The maximum absolute atomic E-state index is 14.1. The van der Waals surface area contributed by atoms with Crippen molar-refractivity contribution in [3.63, 3.8) is 0 Å². The van der Waals surface area contributed by atoms with Crippen molar-refractivity contribution in [1.29, 1.82) is 0 Å². The second kappa shape index (κ2) is 12.8. The number of piperazine rings is 1. The van der Waals surface area contributed by atoms with Crippen molar-refractivity contribution in [2.45, 2.75) is 71.8 Å². The van der Waals surface area contributed by atoms with Crippen LogP contribution in [-0.2, 0) is 32.0 Å². The van der Waals surface area contributed by atoms with Crippen LogP contribution in [0.1, 0.15) is 44.4 Å². The van der Waals surface area contributed by atoms with Gasteiger partial charge in [-0.1, -0.05) is 74.3 Å². The molecule has 2 unspecified atom stereocenters. The van der Waals surface area contributed by atoms with Crippen molar-refractivity contribution in [3.05, 3.63) is 70.2 Å². The molecule has 2 aromatic rings. The lowest BCUT2D eigenvalue weighted by atomic mass is 9.85. The highest BCUT2D eigenvalue weighted by atomic mass is 35.5. The van der Waals surface area contributed by atoms with Gasteiger partial charge in [0.1, 0.15) is 24.8 Å². The summed E-state index contributed by atoms with van der Waals surface area (Å²) in [6, 6.07) is 13.3. The van der Waals surface area contributed by atoms with E-state index in [-0.39, 0.29) is 36.7 Å². The minimum absolute atomic E-state index is 0.132. The summed E-state index contributed by atoms with van der Waals surface area (Å²) in [5.74, 6) is -1.03. The van der Waals surface area contributed by atoms with Gasteiger partial charge < -0.3 is 25.3 Å². The SMILES string of the molecule is CNC(C)C(=O)NC(C(=O)N1CC(=O)N2[C@@H]1CN(CCc1ccc(Cl)cc1)C(=O)[C@@H]2Cc1ccc(C)cc1)C(C)(C)C. The molecule has 0 saturated carbocycles. The largest absolute Gasteiger partial charge is 0.342 e. The highest BCUT2D eigenvalue weighted by Crippen LogP contribution is 2.31. The van der Waals surface area contributed by atoms with E-state index in [0.717, 1.165) is 16.7 Å². The molecule has 2 saturated heterocycles. The zero-order valence-electron chi connectivity index (χ0n) is 25.3. The Balaban J connectivity index is 1.64. The van der Waals surface area contributed by atoms with Crippen molar-refractivity contribution in [2.75, 3.05) is 26.7 Å². The average molecular weight is 596 g/mol. The smallest absolute Gasteiger partial charge is 0.247 e. The Hall–Kier alpha value is -3.43. The van der Waals surface area contributed by atoms with Gasteiger partial charge in [0.15, 0.2) is 0 Å². The van der Waals surface area contributed by atoms with Crippen molar-refractivity contribution in [3.8, 4) is 0 Å². The van der Waals surface area contributed by atoms with Gasteiger partial charge in [-0.2, -0.15) is 0 Å². The molecule has 4 amide bonds. The molecule has 4 rings (SSSR count). The highest BCUT2D eigenvalue weighted by molar-refractivity contribution is 6.30. The predicted octanol–water partition coefficient (Wildman–Crippen LogP) is 2.78. The first-order valence-electron chi connectivity index (χ1n) is 14.5. The van der Waals surface area contributed by atoms with Crippen LogP contribution < -0.4 is 10.6 Å². The van der Waals surface area contributed by atoms with Gasteiger partial charge in [0.2, 0.25) is 23.6 Å². The lowest BCUT2D eigenvalue weighted by molar-refractivity contribution is -0.156. The summed E-state index contributed by atoms with van der Waals surface area (Å²) in [6.45, 7) is 9.88. The van der Waals surface area contributed by atoms with Crippen LogP contribution in [0, 0.1) is 12.3 Å². The molecule has 2 aromatic carbocycles. The number of likely N-dealkylation sites (N-methyl/N-ethyl adjacent to an activating group) is 1. The zero-order valence-corrected chi connectivity index (χ0v) is 26.1. The minimum Gasteiger partial charge on any atom is -0.342 e. The van der Waals surface area contributed by atoms with Gasteiger partial charge in [0.05, 0.1) is 12.6 Å². The Bertz CT molecular complexity index is 1310. The predicted molar refractivity (Wildman–Crippen MR) is 163 cm³/mol. The summed E-state index contributed by atoms with van der Waals surface area (Å²) < 4.78 is 0. The van der Waals surface area contributed by atoms with Gasteiger partial charge in [-0.3, -0.25) is 19.2 Å². The van der Waals surface area contributed by atoms with Crippen LogP contribution in [0.15, 0.2) is 48.5 Å². The Kier molecular flexibility index (Phi) is 9.63. The molecular formula is C32H42ClN5O4. The number of nitrogens with zero attached hydrogens (tertiary/aromatic N) is 3. The molecular weight excluding hydrogens is 554 g/mol. The summed E-state index contributed by atoms with van der Waals surface area (Å²) in [6.07, 6.45) is 0.323. The molecule has 4 atom stereocenters. The maximum atomic E-state index is 14.1. The van der Waals surface area contributed by atoms with Crippen LogP contribution in [0.2, 0.25) is 5.02 Å². The number of hydrogen-bond acceptors (Lipinski definition) is 5. The number of carbonyl (C=O) groups excluding carboxylic acids is 4. The van der Waals surface area contributed by atoms with E-state index in [4.69, 9.17) is 11.6 Å². The zero-order chi connectivity index (χ0) is 30.8. The number of fused-ring (bicyclic) bond motifs is 1. The number of halogens is 1. The number of rotatable bonds is 9. The Morgan fingerprint density at radius 2 is 1.64 bits per heavy atom. The number of amides is 4. The molecule has 0 aromatic heterocycles.